The van der Waals surface area contributed by atoms with Crippen molar-refractivity contribution >= 4 is 20.0 Å². The summed E-state index contributed by atoms with van der Waals surface area (Å²) in [4.78, 5) is 0. The van der Waals surface area contributed by atoms with Crippen LogP contribution in [0.1, 0.15) is 27.2 Å². The summed E-state index contributed by atoms with van der Waals surface area (Å²) in [6.07, 6.45) is 0.140. The van der Waals surface area contributed by atoms with Crippen molar-refractivity contribution in [2.75, 3.05) is 11.5 Å². The Morgan fingerprint density at radius 2 is 1.80 bits per heavy atom. The van der Waals surface area contributed by atoms with Crippen molar-refractivity contribution in [2.24, 2.45) is 0 Å². The van der Waals surface area contributed by atoms with Crippen LogP contribution in [0.4, 0.5) is 0 Å². The molecule has 0 saturated carbocycles. The lowest BCUT2D eigenvalue weighted by atomic mass is 10.2. The Bertz CT molecular complexity index is 426. The maximum absolute atomic E-state index is 11.6. The second-order valence-corrected chi connectivity index (χ2v) is 8.76. The van der Waals surface area contributed by atoms with Crippen molar-refractivity contribution in [1.29, 1.82) is 0 Å². The third-order valence-corrected chi connectivity index (χ3v) is 5.90. The van der Waals surface area contributed by atoms with Gasteiger partial charge in [0, 0.05) is 0 Å². The lowest BCUT2D eigenvalue weighted by molar-refractivity contribution is 0.137. The number of hydrogen-bond acceptors (Lipinski definition) is 5. The molecule has 0 radical (unpaired) electrons. The fourth-order valence-corrected chi connectivity index (χ4v) is 5.63. The Balaban J connectivity index is 2.82. The highest BCUT2D eigenvalue weighted by Gasteiger charge is 2.39. The van der Waals surface area contributed by atoms with Gasteiger partial charge in [-0.1, -0.05) is 0 Å². The van der Waals surface area contributed by atoms with Gasteiger partial charge < -0.3 is 0 Å². The first-order valence-electron chi connectivity index (χ1n) is 4.67. The number of sulfone groups is 1. The van der Waals surface area contributed by atoms with E-state index >= 15 is 0 Å². The van der Waals surface area contributed by atoms with E-state index in [2.05, 4.69) is 0 Å². The molecule has 0 N–H and O–H groups in total. The van der Waals surface area contributed by atoms with Crippen LogP contribution in [-0.4, -0.2) is 39.2 Å². The van der Waals surface area contributed by atoms with Crippen LogP contribution in [-0.2, 0) is 24.1 Å². The molecule has 0 aromatic rings. The van der Waals surface area contributed by atoms with E-state index in [0.29, 0.717) is 0 Å². The van der Waals surface area contributed by atoms with Crippen molar-refractivity contribution in [3.05, 3.63) is 0 Å². The van der Waals surface area contributed by atoms with E-state index < -0.39 is 30.8 Å². The van der Waals surface area contributed by atoms with Crippen molar-refractivity contribution in [3.63, 3.8) is 0 Å². The van der Waals surface area contributed by atoms with E-state index in [9.17, 15) is 16.8 Å². The van der Waals surface area contributed by atoms with E-state index in [1.807, 2.05) is 0 Å². The van der Waals surface area contributed by atoms with Crippen molar-refractivity contribution < 1.29 is 21.0 Å². The fraction of sp³-hybridized carbons (Fsp3) is 1.00. The van der Waals surface area contributed by atoms with Crippen molar-refractivity contribution in [2.45, 2.75) is 38.0 Å². The van der Waals surface area contributed by atoms with Gasteiger partial charge >= 0.3 is 0 Å². The van der Waals surface area contributed by atoms with Gasteiger partial charge in [0.05, 0.1) is 17.1 Å². The quantitative estimate of drug-likeness (QED) is 0.665. The van der Waals surface area contributed by atoms with Gasteiger partial charge in [0.15, 0.2) is 9.84 Å². The molecule has 1 aliphatic rings. The first-order valence-corrected chi connectivity index (χ1v) is 7.96. The van der Waals surface area contributed by atoms with Crippen molar-refractivity contribution in [1.82, 2.24) is 0 Å². The minimum Gasteiger partial charge on any atom is -0.264 e. The maximum atomic E-state index is 11.6. The summed E-state index contributed by atoms with van der Waals surface area (Å²) in [6.45, 7) is 4.86. The van der Waals surface area contributed by atoms with Crippen LogP contribution in [0.5, 0.6) is 0 Å². The van der Waals surface area contributed by atoms with E-state index in [1.54, 1.807) is 20.8 Å². The Morgan fingerprint density at radius 1 is 1.27 bits per heavy atom. The average molecular weight is 256 g/mol. The molecule has 0 spiro atoms. The molecule has 0 unspecified atom stereocenters. The van der Waals surface area contributed by atoms with E-state index in [-0.39, 0.29) is 17.9 Å². The third-order valence-electron chi connectivity index (χ3n) is 1.97. The number of rotatable bonds is 2. The molecule has 0 aliphatic carbocycles. The summed E-state index contributed by atoms with van der Waals surface area (Å²) in [6, 6.07) is 0. The van der Waals surface area contributed by atoms with Crippen LogP contribution in [0.3, 0.4) is 0 Å². The van der Waals surface area contributed by atoms with Crippen LogP contribution in [0.25, 0.3) is 0 Å². The first-order chi connectivity index (χ1) is 6.52. The molecular formula is C8H16O5S2. The fourth-order valence-electron chi connectivity index (χ4n) is 1.41. The van der Waals surface area contributed by atoms with Gasteiger partial charge in [0.1, 0.15) is 5.25 Å². The molecule has 1 heterocycles. The summed E-state index contributed by atoms with van der Waals surface area (Å²) < 4.78 is 50.5. The zero-order valence-corrected chi connectivity index (χ0v) is 10.7. The van der Waals surface area contributed by atoms with Gasteiger partial charge in [-0.25, -0.2) is 8.42 Å². The minimum atomic E-state index is -3.77. The zero-order valence-electron chi connectivity index (χ0n) is 9.06. The Hall–Kier alpha value is -0.140. The SMILES string of the molecule is CC(C)(C)OS(=O)(=O)[C@@H]1CCS(=O)(=O)C1. The third kappa shape index (κ3) is 3.73. The van der Waals surface area contributed by atoms with Crippen molar-refractivity contribution in [3.8, 4) is 0 Å². The summed E-state index contributed by atoms with van der Waals surface area (Å²) in [5.41, 5.74) is -0.814. The molecule has 0 aromatic carbocycles. The van der Waals surface area contributed by atoms with E-state index in [0.717, 1.165) is 0 Å². The molecule has 90 valence electrons. The Kier molecular flexibility index (Phi) is 3.20. The highest BCUT2D eigenvalue weighted by molar-refractivity contribution is 7.94. The maximum Gasteiger partial charge on any atom is 0.271 e. The molecule has 5 nitrogen and oxygen atoms in total. The van der Waals surface area contributed by atoms with Gasteiger partial charge in [0.2, 0.25) is 0 Å². The van der Waals surface area contributed by atoms with Crippen LogP contribution >= 0.6 is 0 Å². The molecule has 0 bridgehead atoms. The predicted octanol–water partition coefficient (Wildman–Crippen LogP) is 0.318. The van der Waals surface area contributed by atoms with E-state index in [1.165, 1.54) is 0 Å². The molecule has 0 amide bonds. The smallest absolute Gasteiger partial charge is 0.264 e. The second kappa shape index (κ2) is 3.71. The predicted molar refractivity (Wildman–Crippen MR) is 56.8 cm³/mol. The number of hydrogen-bond donors (Lipinski definition) is 0. The molecule has 1 aliphatic heterocycles. The van der Waals surface area contributed by atoms with Gasteiger partial charge in [0.25, 0.3) is 10.1 Å². The van der Waals surface area contributed by atoms with E-state index in [4.69, 9.17) is 4.18 Å². The Labute approximate surface area is 90.9 Å². The minimum absolute atomic E-state index is 0.0651. The molecule has 7 heteroatoms. The van der Waals surface area contributed by atoms with Gasteiger partial charge in [-0.15, -0.1) is 0 Å². The summed E-state index contributed by atoms with van der Waals surface area (Å²) in [5.74, 6) is -0.379. The molecule has 15 heavy (non-hydrogen) atoms. The standard InChI is InChI=1S/C8H16O5S2/c1-8(2,3)13-15(11,12)7-4-5-14(9,10)6-7/h7H,4-6H2,1-3H3/t7-/m1/s1. The van der Waals surface area contributed by atoms with Crippen LogP contribution in [0.2, 0.25) is 0 Å². The van der Waals surface area contributed by atoms with Crippen LogP contribution in [0.15, 0.2) is 0 Å². The van der Waals surface area contributed by atoms with Gasteiger partial charge in [-0.2, -0.15) is 8.42 Å². The van der Waals surface area contributed by atoms with Crippen LogP contribution < -0.4 is 0 Å². The molecule has 1 atom stereocenters. The zero-order chi connectivity index (χ0) is 11.9. The second-order valence-electron chi connectivity index (χ2n) is 4.71. The molecular weight excluding hydrogens is 240 g/mol. The monoisotopic (exact) mass is 256 g/mol. The summed E-state index contributed by atoms with van der Waals surface area (Å²) >= 11 is 0. The Morgan fingerprint density at radius 3 is 2.13 bits per heavy atom. The molecule has 1 rings (SSSR count). The highest BCUT2D eigenvalue weighted by Crippen LogP contribution is 2.23. The first kappa shape index (κ1) is 12.9. The largest absolute Gasteiger partial charge is 0.271 e. The topological polar surface area (TPSA) is 77.5 Å². The highest BCUT2D eigenvalue weighted by atomic mass is 32.2. The molecule has 1 saturated heterocycles. The summed E-state index contributed by atoms with van der Waals surface area (Å²) in [7, 11) is -6.96. The van der Waals surface area contributed by atoms with Crippen LogP contribution in [0, 0.1) is 0 Å². The molecule has 1 fully saturated rings. The lowest BCUT2D eigenvalue weighted by Crippen LogP contribution is -2.32. The van der Waals surface area contributed by atoms with Gasteiger partial charge in [-0.05, 0) is 27.2 Å². The lowest BCUT2D eigenvalue weighted by Gasteiger charge is -2.21. The normalized spacial score (nSPS) is 26.7. The molecule has 0 aromatic heterocycles. The van der Waals surface area contributed by atoms with Gasteiger partial charge in [-0.3, -0.25) is 4.18 Å². The average Bonchev–Trinajstić information content (AvgIpc) is 2.25. The summed E-state index contributed by atoms with van der Waals surface area (Å²) in [5, 5.41) is -0.901.